The lowest BCUT2D eigenvalue weighted by Gasteiger charge is -2.35. The second-order valence-corrected chi connectivity index (χ2v) is 13.9. The summed E-state index contributed by atoms with van der Waals surface area (Å²) in [5.41, 5.74) is 4.78. The number of benzene rings is 3. The molecule has 5 rings (SSSR count). The maximum atomic E-state index is 15.4. The summed E-state index contributed by atoms with van der Waals surface area (Å²) in [6.45, 7) is 4.45. The molecule has 3 heteroatoms. The smallest absolute Gasteiger partial charge is 0.166 e. The predicted molar refractivity (Wildman–Crippen MR) is 185 cm³/mol. The van der Waals surface area contributed by atoms with E-state index < -0.39 is 11.6 Å². The third-order valence-corrected chi connectivity index (χ3v) is 10.8. The predicted octanol–water partition coefficient (Wildman–Crippen LogP) is 13.5. The third-order valence-electron chi connectivity index (χ3n) is 10.8. The Hall–Kier alpha value is -2.81. The molecule has 0 radical (unpaired) electrons. The highest BCUT2D eigenvalue weighted by Crippen LogP contribution is 2.42. The molecule has 0 spiro atoms. The molecule has 1 unspecified atom stereocenters. The zero-order chi connectivity index (χ0) is 31.6. The van der Waals surface area contributed by atoms with E-state index in [4.69, 9.17) is 0 Å². The van der Waals surface area contributed by atoms with Gasteiger partial charge < -0.3 is 0 Å². The molecule has 0 saturated heterocycles. The van der Waals surface area contributed by atoms with Crippen molar-refractivity contribution in [3.8, 4) is 22.3 Å². The summed E-state index contributed by atoms with van der Waals surface area (Å²) in [5.74, 6) is 0.786. The number of rotatable bonds is 14. The minimum absolute atomic E-state index is 0.243. The molecule has 2 aliphatic rings. The molecular formula is C42H53F3. The van der Waals surface area contributed by atoms with Crippen molar-refractivity contribution in [2.24, 2.45) is 17.8 Å². The molecule has 242 valence electrons. The van der Waals surface area contributed by atoms with Crippen molar-refractivity contribution in [1.29, 1.82) is 0 Å². The van der Waals surface area contributed by atoms with Crippen LogP contribution in [0.5, 0.6) is 0 Å². The van der Waals surface area contributed by atoms with Gasteiger partial charge in [0.1, 0.15) is 5.82 Å². The number of halogens is 3. The first-order chi connectivity index (χ1) is 22.0. The Morgan fingerprint density at radius 3 is 1.91 bits per heavy atom. The third kappa shape index (κ3) is 8.72. The van der Waals surface area contributed by atoms with E-state index in [9.17, 15) is 4.39 Å². The normalized spacial score (nSPS) is 20.3. The maximum Gasteiger partial charge on any atom is 0.166 e. The number of unbranched alkanes of at least 4 members (excludes halogenated alkanes) is 6. The molecule has 0 aromatic heterocycles. The Kier molecular flexibility index (Phi) is 12.4. The Balaban J connectivity index is 1.18. The number of hydrogen-bond acceptors (Lipinski definition) is 0. The van der Waals surface area contributed by atoms with E-state index in [0.717, 1.165) is 67.4 Å². The van der Waals surface area contributed by atoms with Gasteiger partial charge in [-0.15, -0.1) is 0 Å². The van der Waals surface area contributed by atoms with Gasteiger partial charge in [0.25, 0.3) is 0 Å². The van der Waals surface area contributed by atoms with E-state index in [1.165, 1.54) is 69.8 Å². The van der Waals surface area contributed by atoms with Gasteiger partial charge in [-0.1, -0.05) is 133 Å². The Morgan fingerprint density at radius 2 is 1.24 bits per heavy atom. The van der Waals surface area contributed by atoms with Crippen LogP contribution < -0.4 is 0 Å². The van der Waals surface area contributed by atoms with Crippen molar-refractivity contribution < 1.29 is 13.2 Å². The van der Waals surface area contributed by atoms with Crippen molar-refractivity contribution in [1.82, 2.24) is 0 Å². The monoisotopic (exact) mass is 614 g/mol. The van der Waals surface area contributed by atoms with Crippen LogP contribution >= 0.6 is 0 Å². The quantitative estimate of drug-likeness (QED) is 0.158. The van der Waals surface area contributed by atoms with Crippen LogP contribution in [0.4, 0.5) is 13.2 Å². The summed E-state index contributed by atoms with van der Waals surface area (Å²) in [6.07, 6.45) is 22.7. The van der Waals surface area contributed by atoms with Gasteiger partial charge in [0.15, 0.2) is 11.6 Å². The summed E-state index contributed by atoms with van der Waals surface area (Å²) in [4.78, 5) is 0. The first kappa shape index (κ1) is 33.6. The largest absolute Gasteiger partial charge is 0.206 e. The summed E-state index contributed by atoms with van der Waals surface area (Å²) in [5, 5.41) is 0. The van der Waals surface area contributed by atoms with Crippen LogP contribution in [0.1, 0.15) is 128 Å². The summed E-state index contributed by atoms with van der Waals surface area (Å²) in [6, 6.07) is 16.1. The van der Waals surface area contributed by atoms with Crippen LogP contribution in [-0.2, 0) is 6.42 Å². The van der Waals surface area contributed by atoms with Crippen molar-refractivity contribution >= 4 is 5.57 Å². The van der Waals surface area contributed by atoms with Crippen LogP contribution in [0, 0.1) is 35.2 Å². The highest BCUT2D eigenvalue weighted by molar-refractivity contribution is 5.74. The van der Waals surface area contributed by atoms with Gasteiger partial charge >= 0.3 is 0 Å². The molecular weight excluding hydrogens is 561 g/mol. The Bertz CT molecular complexity index is 1390. The van der Waals surface area contributed by atoms with E-state index in [1.54, 1.807) is 42.5 Å². The molecule has 3 aromatic rings. The highest BCUT2D eigenvalue weighted by Gasteiger charge is 2.29. The fourth-order valence-electron chi connectivity index (χ4n) is 7.88. The van der Waals surface area contributed by atoms with E-state index >= 15 is 8.78 Å². The summed E-state index contributed by atoms with van der Waals surface area (Å²) >= 11 is 0. The molecule has 45 heavy (non-hydrogen) atoms. The van der Waals surface area contributed by atoms with Gasteiger partial charge in [-0.05, 0) is 96.6 Å². The van der Waals surface area contributed by atoms with Gasteiger partial charge in [-0.25, -0.2) is 13.2 Å². The topological polar surface area (TPSA) is 0 Å². The molecule has 1 atom stereocenters. The van der Waals surface area contributed by atoms with Crippen molar-refractivity contribution in [2.45, 2.75) is 123 Å². The van der Waals surface area contributed by atoms with Crippen LogP contribution in [0.2, 0.25) is 0 Å². The van der Waals surface area contributed by atoms with Crippen LogP contribution in [0.15, 0.2) is 60.7 Å². The number of allylic oxidation sites excluding steroid dienone is 2. The van der Waals surface area contributed by atoms with E-state index in [1.807, 2.05) is 12.1 Å². The first-order valence-corrected chi connectivity index (χ1v) is 18.0. The van der Waals surface area contributed by atoms with Gasteiger partial charge in [0.05, 0.1) is 0 Å². The molecule has 1 fully saturated rings. The SMILES string of the molecule is CCCCCCCc1ccc(-c2ccc(-c3ccc(C4=CCC(C5CCC(CCCCC)CC5)CC4)cc3F)cc2)c(F)c1F. The molecule has 0 aliphatic heterocycles. The molecule has 0 bridgehead atoms. The molecule has 0 nitrogen and oxygen atoms in total. The molecule has 0 N–H and O–H groups in total. The lowest BCUT2D eigenvalue weighted by molar-refractivity contribution is 0.187. The summed E-state index contributed by atoms with van der Waals surface area (Å²) < 4.78 is 45.3. The zero-order valence-corrected chi connectivity index (χ0v) is 27.7. The number of hydrogen-bond donors (Lipinski definition) is 0. The minimum Gasteiger partial charge on any atom is -0.206 e. The Morgan fingerprint density at radius 1 is 0.600 bits per heavy atom. The number of aryl methyl sites for hydroxylation is 1. The van der Waals surface area contributed by atoms with E-state index in [-0.39, 0.29) is 11.4 Å². The standard InChI is InChI=1S/C42H53F3/c1-3-5-7-8-10-12-36-25-28-39(42(45)41(36)44)35-23-21-34(22-24-35)38-27-26-37(29-40(38)43)33-19-17-32(18-20-33)31-15-13-30(14-16-31)11-9-6-4-2/h19,21-32H,3-18,20H2,1-2H3. The van der Waals surface area contributed by atoms with E-state index in [0.29, 0.717) is 23.1 Å². The molecule has 3 aromatic carbocycles. The van der Waals surface area contributed by atoms with Gasteiger partial charge in [-0.2, -0.15) is 0 Å². The fourth-order valence-corrected chi connectivity index (χ4v) is 7.88. The van der Waals surface area contributed by atoms with Crippen molar-refractivity contribution in [2.75, 3.05) is 0 Å². The van der Waals surface area contributed by atoms with Gasteiger partial charge in [0, 0.05) is 11.1 Å². The molecule has 0 amide bonds. The average molecular weight is 615 g/mol. The molecule has 0 heterocycles. The lowest BCUT2D eigenvalue weighted by atomic mass is 9.70. The lowest BCUT2D eigenvalue weighted by Crippen LogP contribution is -2.23. The first-order valence-electron chi connectivity index (χ1n) is 18.0. The van der Waals surface area contributed by atoms with Crippen LogP contribution in [0.25, 0.3) is 27.8 Å². The van der Waals surface area contributed by atoms with Crippen LogP contribution in [0.3, 0.4) is 0 Å². The molecule has 1 saturated carbocycles. The fraction of sp³-hybridized carbons (Fsp3) is 0.524. The Labute approximate surface area is 270 Å². The minimum atomic E-state index is -0.803. The average Bonchev–Trinajstić information content (AvgIpc) is 3.07. The zero-order valence-electron chi connectivity index (χ0n) is 27.7. The van der Waals surface area contributed by atoms with E-state index in [2.05, 4.69) is 19.9 Å². The van der Waals surface area contributed by atoms with Gasteiger partial charge in [-0.3, -0.25) is 0 Å². The summed E-state index contributed by atoms with van der Waals surface area (Å²) in [7, 11) is 0. The second kappa shape index (κ2) is 16.7. The van der Waals surface area contributed by atoms with Crippen molar-refractivity contribution in [3.05, 3.63) is 89.3 Å². The van der Waals surface area contributed by atoms with Gasteiger partial charge in [0.2, 0.25) is 0 Å². The maximum absolute atomic E-state index is 15.4. The second-order valence-electron chi connectivity index (χ2n) is 13.9. The molecule has 2 aliphatic carbocycles. The highest BCUT2D eigenvalue weighted by atomic mass is 19.2. The van der Waals surface area contributed by atoms with Crippen molar-refractivity contribution in [3.63, 3.8) is 0 Å². The van der Waals surface area contributed by atoms with Crippen LogP contribution in [-0.4, -0.2) is 0 Å².